The number of aryl methyl sites for hydroxylation is 4. The highest BCUT2D eigenvalue weighted by Crippen LogP contribution is 2.37. The molecule has 1 aromatic heterocycles. The number of allylic oxidation sites excluding steroid dienone is 1. The fourth-order valence-electron chi connectivity index (χ4n) is 3.73. The molecular weight excluding hydrogens is 425 g/mol. The number of amides is 1. The van der Waals surface area contributed by atoms with Crippen molar-refractivity contribution < 1.29 is 18.0 Å². The van der Waals surface area contributed by atoms with Gasteiger partial charge in [0.15, 0.2) is 0 Å². The highest BCUT2D eigenvalue weighted by Gasteiger charge is 2.39. The number of benzene rings is 2. The Morgan fingerprint density at radius 2 is 1.70 bits per heavy atom. The van der Waals surface area contributed by atoms with Gasteiger partial charge in [-0.15, -0.1) is 0 Å². The van der Waals surface area contributed by atoms with Crippen molar-refractivity contribution in [3.05, 3.63) is 105 Å². The quantitative estimate of drug-likeness (QED) is 0.458. The average Bonchev–Trinajstić information content (AvgIpc) is 2.71. The van der Waals surface area contributed by atoms with Crippen molar-refractivity contribution in [2.75, 3.05) is 0 Å². The maximum Gasteiger partial charge on any atom is 0.399 e. The normalized spacial score (nSPS) is 12.7. The number of carbonyl (C=O) groups is 1. The van der Waals surface area contributed by atoms with Gasteiger partial charge in [0, 0.05) is 24.0 Å². The first kappa shape index (κ1) is 24.2. The molecule has 0 radical (unpaired) electrons. The van der Waals surface area contributed by atoms with Crippen LogP contribution in [0.4, 0.5) is 13.2 Å². The van der Waals surface area contributed by atoms with Crippen molar-refractivity contribution in [1.82, 2.24) is 10.3 Å². The van der Waals surface area contributed by atoms with E-state index >= 15 is 0 Å². The number of rotatable bonds is 6. The second-order valence-electron chi connectivity index (χ2n) is 8.36. The number of carbonyl (C=O) groups excluding carboxylic acids is 1. The van der Waals surface area contributed by atoms with Crippen LogP contribution >= 0.6 is 0 Å². The molecule has 1 atom stereocenters. The summed E-state index contributed by atoms with van der Waals surface area (Å²) in [5.41, 5.74) is 5.35. The highest BCUT2D eigenvalue weighted by molar-refractivity contribution is 5.95. The molecule has 0 saturated carbocycles. The predicted molar refractivity (Wildman–Crippen MR) is 125 cm³/mol. The fraction of sp³-hybridized carbons (Fsp3) is 0.259. The molecule has 172 valence electrons. The van der Waals surface area contributed by atoms with Crippen LogP contribution in [0, 0.1) is 27.7 Å². The molecule has 2 aromatic carbocycles. The van der Waals surface area contributed by atoms with Gasteiger partial charge >= 0.3 is 6.18 Å². The monoisotopic (exact) mass is 452 g/mol. The summed E-state index contributed by atoms with van der Waals surface area (Å²) in [6, 6.07) is 13.8. The molecule has 1 unspecified atom stereocenters. The van der Waals surface area contributed by atoms with Gasteiger partial charge < -0.3 is 5.32 Å². The van der Waals surface area contributed by atoms with Gasteiger partial charge in [-0.2, -0.15) is 13.2 Å². The van der Waals surface area contributed by atoms with E-state index in [0.29, 0.717) is 23.2 Å². The highest BCUT2D eigenvalue weighted by atomic mass is 19.4. The van der Waals surface area contributed by atoms with Crippen LogP contribution in [0.3, 0.4) is 0 Å². The summed E-state index contributed by atoms with van der Waals surface area (Å²) < 4.78 is 41.3. The maximum absolute atomic E-state index is 13.8. The Balaban J connectivity index is 1.76. The standard InChI is InChI=1S/C27H27F3N2O/c1-17-11-18(2)13-23(12-17)25(27(28,29)30)10-8-21-7-9-24(19(3)14-21)26(33)32-16-22-6-5-20(4)31-15-22/h5-15,25H,16H2,1-4H3,(H,32,33)/b10-8+. The second-order valence-corrected chi connectivity index (χ2v) is 8.36. The molecule has 33 heavy (non-hydrogen) atoms. The van der Waals surface area contributed by atoms with E-state index < -0.39 is 12.1 Å². The number of aromatic nitrogens is 1. The molecule has 0 saturated heterocycles. The molecule has 3 nitrogen and oxygen atoms in total. The first-order valence-corrected chi connectivity index (χ1v) is 10.7. The van der Waals surface area contributed by atoms with E-state index in [-0.39, 0.29) is 11.5 Å². The molecule has 0 bridgehead atoms. The van der Waals surface area contributed by atoms with Crippen LogP contribution in [0.1, 0.15) is 55.4 Å². The fourth-order valence-corrected chi connectivity index (χ4v) is 3.73. The Morgan fingerprint density at radius 3 is 2.27 bits per heavy atom. The van der Waals surface area contributed by atoms with Gasteiger partial charge in [0.25, 0.3) is 5.91 Å². The number of halogens is 3. The predicted octanol–water partition coefficient (Wildman–Crippen LogP) is 6.60. The molecule has 1 amide bonds. The van der Waals surface area contributed by atoms with Crippen molar-refractivity contribution >= 4 is 12.0 Å². The molecule has 3 aromatic rings. The van der Waals surface area contributed by atoms with Gasteiger partial charge in [-0.3, -0.25) is 9.78 Å². The zero-order valence-electron chi connectivity index (χ0n) is 19.1. The van der Waals surface area contributed by atoms with E-state index in [1.807, 2.05) is 25.1 Å². The van der Waals surface area contributed by atoms with E-state index in [0.717, 1.165) is 22.4 Å². The van der Waals surface area contributed by atoms with Crippen LogP contribution in [0.5, 0.6) is 0 Å². The third kappa shape index (κ3) is 6.54. The summed E-state index contributed by atoms with van der Waals surface area (Å²) in [4.78, 5) is 16.8. The second kappa shape index (κ2) is 10.0. The van der Waals surface area contributed by atoms with Crippen molar-refractivity contribution in [3.8, 4) is 0 Å². The largest absolute Gasteiger partial charge is 0.399 e. The SMILES string of the molecule is Cc1cc(C)cc(C(/C=C/c2ccc(C(=O)NCc3ccc(C)nc3)c(C)c2)C(F)(F)F)c1. The minimum Gasteiger partial charge on any atom is -0.348 e. The molecule has 0 aliphatic heterocycles. The molecule has 3 rings (SSSR count). The number of nitrogens with zero attached hydrogens (tertiary/aromatic N) is 1. The Morgan fingerprint density at radius 1 is 1.00 bits per heavy atom. The Labute approximate surface area is 192 Å². The molecule has 0 fully saturated rings. The van der Waals surface area contributed by atoms with Crippen molar-refractivity contribution in [2.24, 2.45) is 0 Å². The van der Waals surface area contributed by atoms with Crippen molar-refractivity contribution in [2.45, 2.75) is 46.3 Å². The lowest BCUT2D eigenvalue weighted by atomic mass is 9.93. The minimum atomic E-state index is -4.41. The number of hydrogen-bond acceptors (Lipinski definition) is 2. The maximum atomic E-state index is 13.8. The van der Waals surface area contributed by atoms with Gasteiger partial charge in [-0.1, -0.05) is 59.7 Å². The van der Waals surface area contributed by atoms with E-state index in [1.165, 1.54) is 12.2 Å². The number of hydrogen-bond donors (Lipinski definition) is 1. The van der Waals surface area contributed by atoms with E-state index in [1.54, 1.807) is 57.3 Å². The van der Waals surface area contributed by atoms with Gasteiger partial charge in [0.1, 0.15) is 0 Å². The molecule has 6 heteroatoms. The lowest BCUT2D eigenvalue weighted by Crippen LogP contribution is -2.23. The van der Waals surface area contributed by atoms with Crippen LogP contribution in [-0.4, -0.2) is 17.1 Å². The number of pyridine rings is 1. The topological polar surface area (TPSA) is 42.0 Å². The Hall–Kier alpha value is -3.41. The third-order valence-corrected chi connectivity index (χ3v) is 5.36. The van der Waals surface area contributed by atoms with Crippen molar-refractivity contribution in [3.63, 3.8) is 0 Å². The Kier molecular flexibility index (Phi) is 7.36. The Bertz CT molecular complexity index is 1140. The van der Waals surface area contributed by atoms with Crippen LogP contribution in [0.2, 0.25) is 0 Å². The average molecular weight is 453 g/mol. The summed E-state index contributed by atoms with van der Waals surface area (Å²) in [5, 5.41) is 2.85. The van der Waals surface area contributed by atoms with Crippen LogP contribution < -0.4 is 5.32 Å². The summed E-state index contributed by atoms with van der Waals surface area (Å²) >= 11 is 0. The number of alkyl halides is 3. The van der Waals surface area contributed by atoms with Crippen LogP contribution in [0.25, 0.3) is 6.08 Å². The van der Waals surface area contributed by atoms with Crippen LogP contribution in [0.15, 0.2) is 60.8 Å². The summed E-state index contributed by atoms with van der Waals surface area (Å²) in [5.74, 6) is -1.95. The zero-order chi connectivity index (χ0) is 24.2. The van der Waals surface area contributed by atoms with E-state index in [2.05, 4.69) is 10.3 Å². The summed E-state index contributed by atoms with van der Waals surface area (Å²) in [7, 11) is 0. The molecule has 1 heterocycles. The molecule has 0 aliphatic carbocycles. The first-order valence-electron chi connectivity index (χ1n) is 10.7. The van der Waals surface area contributed by atoms with Gasteiger partial charge in [0.05, 0.1) is 5.92 Å². The summed E-state index contributed by atoms with van der Waals surface area (Å²) in [6.45, 7) is 7.58. The van der Waals surface area contributed by atoms with Crippen LogP contribution in [-0.2, 0) is 6.54 Å². The molecule has 1 N–H and O–H groups in total. The lowest BCUT2D eigenvalue weighted by Gasteiger charge is -2.18. The summed E-state index contributed by atoms with van der Waals surface area (Å²) in [6.07, 6.45) is -0.0603. The number of nitrogens with one attached hydrogen (secondary N) is 1. The van der Waals surface area contributed by atoms with Crippen molar-refractivity contribution in [1.29, 1.82) is 0 Å². The molecule has 0 aliphatic rings. The lowest BCUT2D eigenvalue weighted by molar-refractivity contribution is -0.139. The van der Waals surface area contributed by atoms with Gasteiger partial charge in [-0.25, -0.2) is 0 Å². The van der Waals surface area contributed by atoms with E-state index in [9.17, 15) is 18.0 Å². The molecule has 0 spiro atoms. The van der Waals surface area contributed by atoms with Gasteiger partial charge in [-0.05, 0) is 62.1 Å². The smallest absolute Gasteiger partial charge is 0.348 e. The van der Waals surface area contributed by atoms with Gasteiger partial charge in [0.2, 0.25) is 0 Å². The first-order chi connectivity index (χ1) is 15.5. The minimum absolute atomic E-state index is 0.217. The molecular formula is C27H27F3N2O. The third-order valence-electron chi connectivity index (χ3n) is 5.36. The zero-order valence-corrected chi connectivity index (χ0v) is 19.1. The van der Waals surface area contributed by atoms with E-state index in [4.69, 9.17) is 0 Å².